The van der Waals surface area contributed by atoms with Crippen LogP contribution in [0.15, 0.2) is 29.4 Å². The average Bonchev–Trinajstić information content (AvgIpc) is 2.73. The summed E-state index contributed by atoms with van der Waals surface area (Å²) in [6.45, 7) is 0.206. The third kappa shape index (κ3) is 2.43. The number of benzene rings is 1. The molecule has 0 spiro atoms. The predicted molar refractivity (Wildman–Crippen MR) is 66.0 cm³/mol. The molecule has 1 heterocycles. The van der Waals surface area contributed by atoms with Gasteiger partial charge in [0, 0.05) is 23.7 Å². The highest BCUT2D eigenvalue weighted by molar-refractivity contribution is 6.43. The number of carbonyl (C=O) groups excluding carboxylic acids is 2. The second-order valence-corrected chi connectivity index (χ2v) is 4.13. The standard InChI is InChI=1S/C11H10ClN3O3/c12-7-1-3-8(4-2-7)13-11(17)15-6-5-9(14-18)10(15)16/h1-4,18H,5-6H2,(H,13,17)/b14-9-. The molecule has 1 aliphatic rings. The summed E-state index contributed by atoms with van der Waals surface area (Å²) in [7, 11) is 0. The molecular weight excluding hydrogens is 258 g/mol. The number of halogens is 1. The van der Waals surface area contributed by atoms with Crippen LogP contribution in [0.25, 0.3) is 0 Å². The van der Waals surface area contributed by atoms with E-state index in [9.17, 15) is 9.59 Å². The molecule has 1 aromatic rings. The summed E-state index contributed by atoms with van der Waals surface area (Å²) in [6.07, 6.45) is 0.253. The normalized spacial score (nSPS) is 17.3. The Morgan fingerprint density at radius 2 is 2.06 bits per heavy atom. The minimum atomic E-state index is -0.580. The van der Waals surface area contributed by atoms with Gasteiger partial charge in [-0.05, 0) is 24.3 Å². The SMILES string of the molecule is O=C(Nc1ccc(Cl)cc1)N1CC/C(=N/O)C1=O. The minimum absolute atomic E-state index is 0.0127. The molecule has 1 aromatic carbocycles. The zero-order valence-electron chi connectivity index (χ0n) is 9.26. The first-order chi connectivity index (χ1) is 8.61. The van der Waals surface area contributed by atoms with Gasteiger partial charge in [0.1, 0.15) is 5.71 Å². The average molecular weight is 268 g/mol. The first-order valence-electron chi connectivity index (χ1n) is 5.21. The maximum absolute atomic E-state index is 11.8. The zero-order chi connectivity index (χ0) is 13.1. The first kappa shape index (κ1) is 12.4. The molecule has 18 heavy (non-hydrogen) atoms. The molecule has 2 rings (SSSR count). The molecule has 2 N–H and O–H groups in total. The molecule has 1 fully saturated rings. The van der Waals surface area contributed by atoms with Crippen molar-refractivity contribution in [1.29, 1.82) is 0 Å². The Hall–Kier alpha value is -2.08. The number of hydrogen-bond donors (Lipinski definition) is 2. The molecule has 7 heteroatoms. The van der Waals surface area contributed by atoms with E-state index < -0.39 is 11.9 Å². The van der Waals surface area contributed by atoms with Crippen LogP contribution in [0.2, 0.25) is 5.02 Å². The van der Waals surface area contributed by atoms with Crippen molar-refractivity contribution < 1.29 is 14.8 Å². The summed E-state index contributed by atoms with van der Waals surface area (Å²) in [5.41, 5.74) is 0.521. The number of oxime groups is 1. The molecule has 1 saturated heterocycles. The molecule has 6 nitrogen and oxygen atoms in total. The predicted octanol–water partition coefficient (Wildman–Crippen LogP) is 1.93. The third-order valence-electron chi connectivity index (χ3n) is 2.53. The van der Waals surface area contributed by atoms with Gasteiger partial charge in [-0.1, -0.05) is 16.8 Å². The van der Waals surface area contributed by atoms with Crippen LogP contribution in [0, 0.1) is 0 Å². The lowest BCUT2D eigenvalue weighted by atomic mass is 10.3. The van der Waals surface area contributed by atoms with E-state index in [4.69, 9.17) is 16.8 Å². The quantitative estimate of drug-likeness (QED) is 0.602. The van der Waals surface area contributed by atoms with Crippen LogP contribution >= 0.6 is 11.6 Å². The van der Waals surface area contributed by atoms with Crippen molar-refractivity contribution in [2.75, 3.05) is 11.9 Å². The van der Waals surface area contributed by atoms with Crippen molar-refractivity contribution in [2.45, 2.75) is 6.42 Å². The van der Waals surface area contributed by atoms with Crippen LogP contribution in [-0.2, 0) is 4.79 Å². The Bertz CT molecular complexity index is 513. The third-order valence-corrected chi connectivity index (χ3v) is 2.78. The van der Waals surface area contributed by atoms with Crippen LogP contribution in [0.3, 0.4) is 0 Å². The summed E-state index contributed by atoms with van der Waals surface area (Å²) in [5, 5.41) is 14.5. The Kier molecular flexibility index (Phi) is 3.47. The highest BCUT2D eigenvalue weighted by Gasteiger charge is 2.32. The highest BCUT2D eigenvalue weighted by Crippen LogP contribution is 2.15. The van der Waals surface area contributed by atoms with E-state index in [0.29, 0.717) is 10.7 Å². The van der Waals surface area contributed by atoms with Gasteiger partial charge in [-0.2, -0.15) is 0 Å². The summed E-state index contributed by atoms with van der Waals surface area (Å²) < 4.78 is 0. The number of amides is 3. The van der Waals surface area contributed by atoms with Crippen molar-refractivity contribution in [3.63, 3.8) is 0 Å². The molecule has 0 aliphatic carbocycles. The summed E-state index contributed by atoms with van der Waals surface area (Å²) in [5.74, 6) is -0.580. The molecule has 94 valence electrons. The molecule has 1 aliphatic heterocycles. The Labute approximate surface area is 108 Å². The molecular formula is C11H10ClN3O3. The second-order valence-electron chi connectivity index (χ2n) is 3.69. The lowest BCUT2D eigenvalue weighted by Crippen LogP contribution is -2.37. The molecule has 0 radical (unpaired) electrons. The number of nitrogens with one attached hydrogen (secondary N) is 1. The van der Waals surface area contributed by atoms with E-state index in [2.05, 4.69) is 10.5 Å². The molecule has 0 saturated carbocycles. The number of imide groups is 1. The zero-order valence-corrected chi connectivity index (χ0v) is 10.0. The lowest BCUT2D eigenvalue weighted by Gasteiger charge is -2.13. The number of rotatable bonds is 1. The van der Waals surface area contributed by atoms with Gasteiger partial charge in [0.2, 0.25) is 0 Å². The number of hydrogen-bond acceptors (Lipinski definition) is 4. The van der Waals surface area contributed by atoms with Crippen LogP contribution in [-0.4, -0.2) is 34.3 Å². The molecule has 0 bridgehead atoms. The summed E-state index contributed by atoms with van der Waals surface area (Å²) in [4.78, 5) is 24.4. The number of likely N-dealkylation sites (tertiary alicyclic amines) is 1. The van der Waals surface area contributed by atoms with Crippen molar-refractivity contribution in [3.05, 3.63) is 29.3 Å². The number of nitrogens with zero attached hydrogens (tertiary/aromatic N) is 2. The first-order valence-corrected chi connectivity index (χ1v) is 5.59. The van der Waals surface area contributed by atoms with Gasteiger partial charge >= 0.3 is 6.03 Å². The van der Waals surface area contributed by atoms with Gasteiger partial charge in [-0.15, -0.1) is 0 Å². The summed E-state index contributed by atoms with van der Waals surface area (Å²) in [6, 6.07) is 5.96. The number of urea groups is 1. The largest absolute Gasteiger partial charge is 0.410 e. The van der Waals surface area contributed by atoms with Crippen molar-refractivity contribution in [1.82, 2.24) is 4.90 Å². The number of anilines is 1. The highest BCUT2D eigenvalue weighted by atomic mass is 35.5. The van der Waals surface area contributed by atoms with Gasteiger partial charge in [0.25, 0.3) is 5.91 Å². The monoisotopic (exact) mass is 267 g/mol. The Morgan fingerprint density at radius 3 is 2.61 bits per heavy atom. The Morgan fingerprint density at radius 1 is 1.39 bits per heavy atom. The van der Waals surface area contributed by atoms with Gasteiger partial charge in [-0.3, -0.25) is 9.69 Å². The van der Waals surface area contributed by atoms with Crippen molar-refractivity contribution >= 4 is 34.9 Å². The smallest absolute Gasteiger partial charge is 0.328 e. The lowest BCUT2D eigenvalue weighted by molar-refractivity contribution is -0.119. The van der Waals surface area contributed by atoms with Crippen LogP contribution in [0.1, 0.15) is 6.42 Å². The molecule has 0 atom stereocenters. The topological polar surface area (TPSA) is 82.0 Å². The van der Waals surface area contributed by atoms with E-state index in [0.717, 1.165) is 4.90 Å². The minimum Gasteiger partial charge on any atom is -0.410 e. The Balaban J connectivity index is 2.05. The van der Waals surface area contributed by atoms with Crippen molar-refractivity contribution in [2.24, 2.45) is 5.16 Å². The van der Waals surface area contributed by atoms with Gasteiger partial charge in [0.15, 0.2) is 0 Å². The second kappa shape index (κ2) is 5.05. The maximum Gasteiger partial charge on any atom is 0.328 e. The fraction of sp³-hybridized carbons (Fsp3) is 0.182. The van der Waals surface area contributed by atoms with Crippen LogP contribution in [0.5, 0.6) is 0 Å². The number of carbonyl (C=O) groups is 2. The molecule has 3 amide bonds. The van der Waals surface area contributed by atoms with Crippen LogP contribution < -0.4 is 5.32 Å². The van der Waals surface area contributed by atoms with Gasteiger partial charge in [0.05, 0.1) is 0 Å². The van der Waals surface area contributed by atoms with E-state index in [1.807, 2.05) is 0 Å². The van der Waals surface area contributed by atoms with E-state index in [1.165, 1.54) is 0 Å². The van der Waals surface area contributed by atoms with Gasteiger partial charge < -0.3 is 10.5 Å². The molecule has 0 unspecified atom stereocenters. The van der Waals surface area contributed by atoms with E-state index in [-0.39, 0.29) is 18.7 Å². The van der Waals surface area contributed by atoms with Crippen LogP contribution in [0.4, 0.5) is 10.5 Å². The molecule has 0 aromatic heterocycles. The maximum atomic E-state index is 11.8. The summed E-state index contributed by atoms with van der Waals surface area (Å²) >= 11 is 5.72. The van der Waals surface area contributed by atoms with Gasteiger partial charge in [-0.25, -0.2) is 4.79 Å². The fourth-order valence-corrected chi connectivity index (χ4v) is 1.72. The van der Waals surface area contributed by atoms with Crippen molar-refractivity contribution in [3.8, 4) is 0 Å². The van der Waals surface area contributed by atoms with E-state index in [1.54, 1.807) is 24.3 Å². The fourth-order valence-electron chi connectivity index (χ4n) is 1.59. The van der Waals surface area contributed by atoms with E-state index >= 15 is 0 Å².